The van der Waals surface area contributed by atoms with E-state index in [1.165, 1.54) is 5.69 Å². The van der Waals surface area contributed by atoms with Crippen LogP contribution in [0.5, 0.6) is 0 Å². The smallest absolute Gasteiger partial charge is 0.251 e. The summed E-state index contributed by atoms with van der Waals surface area (Å²) in [5.41, 5.74) is 10.6. The highest BCUT2D eigenvalue weighted by atomic mass is 32.1. The minimum atomic E-state index is -0.366. The van der Waals surface area contributed by atoms with E-state index < -0.39 is 0 Å². The van der Waals surface area contributed by atoms with Crippen molar-refractivity contribution in [2.45, 2.75) is 52.5 Å². The van der Waals surface area contributed by atoms with Crippen molar-refractivity contribution in [2.75, 3.05) is 13.1 Å². The molecule has 1 saturated heterocycles. The molecule has 1 aliphatic heterocycles. The van der Waals surface area contributed by atoms with E-state index in [1.54, 1.807) is 11.3 Å². The Morgan fingerprint density at radius 1 is 1.35 bits per heavy atom. The Balaban J connectivity index is 1.91. The molecule has 2 aromatic rings. The van der Waals surface area contributed by atoms with Crippen molar-refractivity contribution in [3.63, 3.8) is 0 Å². The zero-order chi connectivity index (χ0) is 18.7. The third-order valence-corrected chi connectivity index (χ3v) is 5.84. The number of hydrogen-bond donors (Lipinski definition) is 1. The summed E-state index contributed by atoms with van der Waals surface area (Å²) in [5, 5.41) is 4.11. The molecule has 0 bridgehead atoms. The fourth-order valence-electron chi connectivity index (χ4n) is 3.98. The van der Waals surface area contributed by atoms with Crippen molar-refractivity contribution < 1.29 is 9.59 Å². The second kappa shape index (κ2) is 8.08. The van der Waals surface area contributed by atoms with Gasteiger partial charge >= 0.3 is 0 Å². The van der Waals surface area contributed by atoms with Crippen LogP contribution in [0.25, 0.3) is 11.1 Å². The minimum absolute atomic E-state index is 0.264. The van der Waals surface area contributed by atoms with Gasteiger partial charge in [0.1, 0.15) is 0 Å². The van der Waals surface area contributed by atoms with Crippen molar-refractivity contribution in [1.82, 2.24) is 9.47 Å². The van der Waals surface area contributed by atoms with Crippen LogP contribution >= 0.6 is 11.3 Å². The Morgan fingerprint density at radius 3 is 2.73 bits per heavy atom. The number of carbonyl (C=O) groups is 2. The molecule has 3 heterocycles. The van der Waals surface area contributed by atoms with Gasteiger partial charge in [0.2, 0.25) is 5.91 Å². The SMILES string of the molecule is CCCc1c(-c2ccsc2)c(C(N)=O)c(C)n1CCCN1CCCC1=O. The summed E-state index contributed by atoms with van der Waals surface area (Å²) >= 11 is 1.63. The molecule has 140 valence electrons. The maximum Gasteiger partial charge on any atom is 0.251 e. The summed E-state index contributed by atoms with van der Waals surface area (Å²) in [6.07, 6.45) is 4.44. The number of rotatable bonds is 8. The number of aromatic nitrogens is 1. The molecule has 0 radical (unpaired) electrons. The van der Waals surface area contributed by atoms with Gasteiger partial charge in [-0.2, -0.15) is 11.3 Å². The van der Waals surface area contributed by atoms with E-state index in [-0.39, 0.29) is 11.8 Å². The molecule has 2 aromatic heterocycles. The lowest BCUT2D eigenvalue weighted by Gasteiger charge is -2.17. The maximum atomic E-state index is 12.2. The molecule has 3 rings (SSSR count). The van der Waals surface area contributed by atoms with E-state index in [1.807, 2.05) is 17.2 Å². The molecular weight excluding hydrogens is 346 g/mol. The van der Waals surface area contributed by atoms with Crippen LogP contribution in [0.4, 0.5) is 0 Å². The van der Waals surface area contributed by atoms with Crippen LogP contribution in [0.2, 0.25) is 0 Å². The van der Waals surface area contributed by atoms with Crippen molar-refractivity contribution in [1.29, 1.82) is 0 Å². The first kappa shape index (κ1) is 18.7. The number of amides is 2. The molecule has 1 fully saturated rings. The Morgan fingerprint density at radius 2 is 2.15 bits per heavy atom. The van der Waals surface area contributed by atoms with Crippen LogP contribution in [-0.2, 0) is 17.8 Å². The second-order valence-corrected chi connectivity index (χ2v) is 7.68. The maximum absolute atomic E-state index is 12.2. The van der Waals surface area contributed by atoms with Gasteiger partial charge in [-0.3, -0.25) is 9.59 Å². The summed E-state index contributed by atoms with van der Waals surface area (Å²) in [5.74, 6) is -0.102. The van der Waals surface area contributed by atoms with E-state index >= 15 is 0 Å². The van der Waals surface area contributed by atoms with Crippen LogP contribution < -0.4 is 5.73 Å². The molecule has 2 N–H and O–H groups in total. The van der Waals surface area contributed by atoms with Crippen LogP contribution in [-0.4, -0.2) is 34.4 Å². The molecule has 0 spiro atoms. The summed E-state index contributed by atoms with van der Waals surface area (Å²) < 4.78 is 2.25. The third-order valence-electron chi connectivity index (χ3n) is 5.16. The van der Waals surface area contributed by atoms with Crippen LogP contribution in [0.15, 0.2) is 16.8 Å². The predicted molar refractivity (Wildman–Crippen MR) is 105 cm³/mol. The van der Waals surface area contributed by atoms with Crippen molar-refractivity contribution in [3.05, 3.63) is 33.8 Å². The quantitative estimate of drug-likeness (QED) is 0.768. The first-order chi connectivity index (χ1) is 12.5. The van der Waals surface area contributed by atoms with Gasteiger partial charge in [0, 0.05) is 43.0 Å². The molecule has 0 saturated carbocycles. The third kappa shape index (κ3) is 3.56. The number of thiophene rings is 1. The number of primary amides is 1. The molecule has 6 heteroatoms. The van der Waals surface area contributed by atoms with Crippen LogP contribution in [0.3, 0.4) is 0 Å². The van der Waals surface area contributed by atoms with Crippen LogP contribution in [0.1, 0.15) is 54.4 Å². The lowest BCUT2D eigenvalue weighted by Crippen LogP contribution is -2.26. The van der Waals surface area contributed by atoms with Gasteiger partial charge in [-0.25, -0.2) is 0 Å². The Bertz CT molecular complexity index is 793. The molecule has 2 amide bonds. The van der Waals surface area contributed by atoms with E-state index in [2.05, 4.69) is 22.9 Å². The Kier molecular flexibility index (Phi) is 5.81. The molecule has 0 aromatic carbocycles. The molecule has 26 heavy (non-hydrogen) atoms. The highest BCUT2D eigenvalue weighted by Crippen LogP contribution is 2.35. The average Bonchev–Trinajstić information content (AvgIpc) is 3.31. The zero-order valence-electron chi connectivity index (χ0n) is 15.6. The average molecular weight is 374 g/mol. The monoisotopic (exact) mass is 373 g/mol. The van der Waals surface area contributed by atoms with Gasteiger partial charge in [-0.05, 0) is 48.6 Å². The first-order valence-electron chi connectivity index (χ1n) is 9.36. The van der Waals surface area contributed by atoms with Gasteiger partial charge in [-0.1, -0.05) is 13.3 Å². The molecule has 0 unspecified atom stereocenters. The van der Waals surface area contributed by atoms with E-state index in [0.717, 1.165) is 62.1 Å². The normalized spacial score (nSPS) is 14.4. The number of nitrogens with two attached hydrogens (primary N) is 1. The topological polar surface area (TPSA) is 68.3 Å². The number of carbonyl (C=O) groups excluding carboxylic acids is 2. The van der Waals surface area contributed by atoms with Gasteiger partial charge in [0.25, 0.3) is 5.91 Å². The van der Waals surface area contributed by atoms with Crippen molar-refractivity contribution in [2.24, 2.45) is 5.73 Å². The van der Waals surface area contributed by atoms with Gasteiger partial charge < -0.3 is 15.2 Å². The summed E-state index contributed by atoms with van der Waals surface area (Å²) in [6.45, 7) is 6.59. The van der Waals surface area contributed by atoms with E-state index in [9.17, 15) is 9.59 Å². The summed E-state index contributed by atoms with van der Waals surface area (Å²) in [6, 6.07) is 2.05. The number of nitrogens with zero attached hydrogens (tertiary/aromatic N) is 2. The lowest BCUT2D eigenvalue weighted by molar-refractivity contribution is -0.127. The van der Waals surface area contributed by atoms with Crippen LogP contribution in [0, 0.1) is 6.92 Å². The number of hydrogen-bond acceptors (Lipinski definition) is 3. The fourth-order valence-corrected chi connectivity index (χ4v) is 4.62. The molecule has 5 nitrogen and oxygen atoms in total. The predicted octanol–water partition coefficient (Wildman–Crippen LogP) is 3.59. The van der Waals surface area contributed by atoms with E-state index in [0.29, 0.717) is 12.0 Å². The Labute approximate surface area is 158 Å². The standard InChI is InChI=1S/C20H27N3O2S/c1-3-6-16-19(15-8-12-26-13-15)18(20(21)25)14(2)23(16)11-5-10-22-9-4-7-17(22)24/h8,12-13H,3-7,9-11H2,1-2H3,(H2,21,25). The molecular formula is C20H27N3O2S. The largest absolute Gasteiger partial charge is 0.366 e. The number of likely N-dealkylation sites (tertiary alicyclic amines) is 1. The van der Waals surface area contributed by atoms with Gasteiger partial charge in [0.05, 0.1) is 5.56 Å². The highest BCUT2D eigenvalue weighted by Gasteiger charge is 2.25. The summed E-state index contributed by atoms with van der Waals surface area (Å²) in [4.78, 5) is 26.0. The van der Waals surface area contributed by atoms with Crippen molar-refractivity contribution in [3.8, 4) is 11.1 Å². The zero-order valence-corrected chi connectivity index (χ0v) is 16.4. The second-order valence-electron chi connectivity index (χ2n) is 6.90. The first-order valence-corrected chi connectivity index (χ1v) is 10.3. The fraction of sp³-hybridized carbons (Fsp3) is 0.500. The van der Waals surface area contributed by atoms with E-state index in [4.69, 9.17) is 5.73 Å². The lowest BCUT2D eigenvalue weighted by atomic mass is 10.0. The molecule has 0 aliphatic carbocycles. The Hall–Kier alpha value is -2.08. The van der Waals surface area contributed by atoms with Gasteiger partial charge in [-0.15, -0.1) is 0 Å². The van der Waals surface area contributed by atoms with Crippen molar-refractivity contribution >= 4 is 23.2 Å². The minimum Gasteiger partial charge on any atom is -0.366 e. The molecule has 0 atom stereocenters. The highest BCUT2D eigenvalue weighted by molar-refractivity contribution is 7.08. The molecule has 1 aliphatic rings. The van der Waals surface area contributed by atoms with Gasteiger partial charge in [0.15, 0.2) is 0 Å². The summed E-state index contributed by atoms with van der Waals surface area (Å²) in [7, 11) is 0.